The summed E-state index contributed by atoms with van der Waals surface area (Å²) in [5.74, 6) is -0.149. The maximum Gasteiger partial charge on any atom is 0.321 e. The fourth-order valence-electron chi connectivity index (χ4n) is 3.56. The molecule has 180 valence electrons. The van der Waals surface area contributed by atoms with Crippen molar-refractivity contribution in [3.05, 3.63) is 40.6 Å². The number of nitrogens with zero attached hydrogens (tertiary/aromatic N) is 1. The molecule has 0 saturated carbocycles. The fraction of sp³-hybridized carbons (Fsp3) is 0.455. The quantitative estimate of drug-likeness (QED) is 0.494. The number of methoxy groups -OCH3 is 1. The smallest absolute Gasteiger partial charge is 0.321 e. The Balaban J connectivity index is 1.56. The van der Waals surface area contributed by atoms with Crippen LogP contribution in [0.3, 0.4) is 0 Å². The van der Waals surface area contributed by atoms with Crippen LogP contribution in [0.15, 0.2) is 40.6 Å². The van der Waals surface area contributed by atoms with Crippen LogP contribution in [0.25, 0.3) is 0 Å². The van der Waals surface area contributed by atoms with Crippen LogP contribution in [-0.2, 0) is 21.2 Å². The topological polar surface area (TPSA) is 117 Å². The normalized spacial score (nSPS) is 14.8. The van der Waals surface area contributed by atoms with E-state index in [0.29, 0.717) is 37.5 Å². The van der Waals surface area contributed by atoms with E-state index in [0.717, 1.165) is 30.6 Å². The minimum absolute atomic E-state index is 0.138. The van der Waals surface area contributed by atoms with Crippen molar-refractivity contribution in [2.45, 2.75) is 37.0 Å². The summed E-state index contributed by atoms with van der Waals surface area (Å²) >= 11 is 1.60. The van der Waals surface area contributed by atoms with E-state index in [9.17, 15) is 18.0 Å². The van der Waals surface area contributed by atoms with Crippen molar-refractivity contribution < 1.29 is 22.7 Å². The van der Waals surface area contributed by atoms with E-state index in [1.165, 1.54) is 23.5 Å². The van der Waals surface area contributed by atoms with Gasteiger partial charge in [-0.25, -0.2) is 13.2 Å². The Kier molecular flexibility index (Phi) is 9.10. The molecule has 2 aromatic rings. The summed E-state index contributed by atoms with van der Waals surface area (Å²) in [7, 11) is -2.18. The van der Waals surface area contributed by atoms with Gasteiger partial charge in [-0.15, -0.1) is 11.3 Å². The van der Waals surface area contributed by atoms with Gasteiger partial charge >= 0.3 is 6.03 Å². The monoisotopic (exact) mass is 494 g/mol. The van der Waals surface area contributed by atoms with Crippen LogP contribution >= 0.6 is 11.3 Å². The largest absolute Gasteiger partial charge is 0.495 e. The van der Waals surface area contributed by atoms with Crippen LogP contribution in [0.5, 0.6) is 5.75 Å². The lowest BCUT2D eigenvalue weighted by atomic mass is 10.2. The van der Waals surface area contributed by atoms with Gasteiger partial charge in [-0.3, -0.25) is 10.1 Å². The molecule has 0 atom stereocenters. The molecule has 33 heavy (non-hydrogen) atoms. The van der Waals surface area contributed by atoms with Gasteiger partial charge in [-0.05, 0) is 48.9 Å². The SMILES string of the molecule is COc1ccc(S(=O)(=O)N2CCCCCC2)cc1NCC(=O)NC(=O)NCCc1cccs1. The highest BCUT2D eigenvalue weighted by Crippen LogP contribution is 2.29. The molecule has 1 aromatic heterocycles. The molecule has 11 heteroatoms. The molecule has 3 N–H and O–H groups in total. The summed E-state index contributed by atoms with van der Waals surface area (Å²) in [5.41, 5.74) is 0.363. The number of imide groups is 1. The first-order valence-electron chi connectivity index (χ1n) is 10.9. The number of carbonyl (C=O) groups excluding carboxylic acids is 2. The second-order valence-corrected chi connectivity index (χ2v) is 10.6. The van der Waals surface area contributed by atoms with Gasteiger partial charge < -0.3 is 15.4 Å². The molecule has 1 saturated heterocycles. The Bertz CT molecular complexity index is 1030. The summed E-state index contributed by atoms with van der Waals surface area (Å²) in [6, 6.07) is 7.87. The molecule has 2 heterocycles. The predicted molar refractivity (Wildman–Crippen MR) is 128 cm³/mol. The first-order chi connectivity index (χ1) is 15.9. The van der Waals surface area contributed by atoms with Crippen LogP contribution in [0, 0.1) is 0 Å². The second-order valence-electron chi connectivity index (χ2n) is 7.67. The summed E-state index contributed by atoms with van der Waals surface area (Å²) in [6.45, 7) is 1.20. The van der Waals surface area contributed by atoms with E-state index in [1.54, 1.807) is 17.4 Å². The summed E-state index contributed by atoms with van der Waals surface area (Å²) < 4.78 is 33.0. The zero-order valence-electron chi connectivity index (χ0n) is 18.6. The molecular weight excluding hydrogens is 464 g/mol. The van der Waals surface area contributed by atoms with Crippen LogP contribution in [0.1, 0.15) is 30.6 Å². The number of sulfonamides is 1. The number of nitrogens with one attached hydrogen (secondary N) is 3. The zero-order chi connectivity index (χ0) is 23.7. The highest BCUT2D eigenvalue weighted by molar-refractivity contribution is 7.89. The lowest BCUT2D eigenvalue weighted by Crippen LogP contribution is -2.42. The van der Waals surface area contributed by atoms with Gasteiger partial charge in [-0.1, -0.05) is 18.9 Å². The third-order valence-electron chi connectivity index (χ3n) is 5.30. The predicted octanol–water partition coefficient (Wildman–Crippen LogP) is 2.80. The third kappa shape index (κ3) is 7.18. The van der Waals surface area contributed by atoms with Crippen LogP contribution in [0.4, 0.5) is 10.5 Å². The zero-order valence-corrected chi connectivity index (χ0v) is 20.3. The molecule has 1 aliphatic rings. The van der Waals surface area contributed by atoms with Gasteiger partial charge in [0.15, 0.2) is 0 Å². The average Bonchev–Trinajstić information content (AvgIpc) is 3.16. The van der Waals surface area contributed by atoms with Crippen molar-refractivity contribution in [2.75, 3.05) is 38.6 Å². The molecule has 3 amide bonds. The minimum Gasteiger partial charge on any atom is -0.495 e. The summed E-state index contributed by atoms with van der Waals surface area (Å²) in [6.07, 6.45) is 4.43. The molecule has 1 fully saturated rings. The Labute approximate surface area is 198 Å². The van der Waals surface area contributed by atoms with Gasteiger partial charge in [0.05, 0.1) is 24.2 Å². The van der Waals surface area contributed by atoms with Crippen LogP contribution in [-0.4, -0.2) is 58.0 Å². The third-order valence-corrected chi connectivity index (χ3v) is 8.13. The van der Waals surface area contributed by atoms with Crippen molar-refractivity contribution in [1.29, 1.82) is 0 Å². The highest BCUT2D eigenvalue weighted by Gasteiger charge is 2.26. The first kappa shape index (κ1) is 25.0. The molecule has 1 aliphatic heterocycles. The number of thiophene rings is 1. The number of ether oxygens (including phenoxy) is 1. The first-order valence-corrected chi connectivity index (χ1v) is 13.2. The molecule has 0 bridgehead atoms. The standard InChI is InChI=1S/C22H30N4O5S2/c1-31-20-9-8-18(33(29,30)26-12-4-2-3-5-13-26)15-19(20)24-16-21(27)25-22(28)23-11-10-17-7-6-14-32-17/h6-9,14-15,24H,2-5,10-13,16H2,1H3,(H2,23,25,27,28). The van der Waals surface area contributed by atoms with Gasteiger partial charge in [0, 0.05) is 24.5 Å². The molecule has 9 nitrogen and oxygen atoms in total. The Hall–Kier alpha value is -2.63. The summed E-state index contributed by atoms with van der Waals surface area (Å²) in [4.78, 5) is 25.4. The van der Waals surface area contributed by atoms with Crippen molar-refractivity contribution in [1.82, 2.24) is 14.9 Å². The molecule has 0 unspecified atom stereocenters. The Morgan fingerprint density at radius 2 is 1.88 bits per heavy atom. The Morgan fingerprint density at radius 3 is 2.55 bits per heavy atom. The average molecular weight is 495 g/mol. The number of benzene rings is 1. The van der Waals surface area contributed by atoms with E-state index in [2.05, 4.69) is 16.0 Å². The number of anilines is 1. The van der Waals surface area contributed by atoms with E-state index < -0.39 is 22.0 Å². The van der Waals surface area contributed by atoms with Crippen molar-refractivity contribution in [3.63, 3.8) is 0 Å². The molecule has 0 spiro atoms. The maximum absolute atomic E-state index is 13.1. The van der Waals surface area contributed by atoms with E-state index in [-0.39, 0.29) is 11.4 Å². The number of carbonyl (C=O) groups is 2. The molecule has 1 aromatic carbocycles. The van der Waals surface area contributed by atoms with Crippen molar-refractivity contribution in [2.24, 2.45) is 0 Å². The van der Waals surface area contributed by atoms with Crippen LogP contribution in [0.2, 0.25) is 0 Å². The van der Waals surface area contributed by atoms with Gasteiger partial charge in [0.25, 0.3) is 0 Å². The van der Waals surface area contributed by atoms with E-state index in [1.807, 2.05) is 17.5 Å². The molecular formula is C22H30N4O5S2. The summed E-state index contributed by atoms with van der Waals surface area (Å²) in [5, 5.41) is 9.74. The minimum atomic E-state index is -3.65. The van der Waals surface area contributed by atoms with Gasteiger partial charge in [-0.2, -0.15) is 4.31 Å². The molecule has 0 radical (unpaired) electrons. The lowest BCUT2D eigenvalue weighted by Gasteiger charge is -2.21. The van der Waals surface area contributed by atoms with Gasteiger partial charge in [0.2, 0.25) is 15.9 Å². The fourth-order valence-corrected chi connectivity index (χ4v) is 5.81. The maximum atomic E-state index is 13.1. The van der Waals surface area contributed by atoms with E-state index in [4.69, 9.17) is 4.74 Å². The van der Waals surface area contributed by atoms with Crippen molar-refractivity contribution >= 4 is 39.0 Å². The number of amides is 3. The van der Waals surface area contributed by atoms with E-state index >= 15 is 0 Å². The Morgan fingerprint density at radius 1 is 1.12 bits per heavy atom. The number of hydrogen-bond acceptors (Lipinski definition) is 7. The molecule has 3 rings (SSSR count). The highest BCUT2D eigenvalue weighted by atomic mass is 32.2. The lowest BCUT2D eigenvalue weighted by molar-refractivity contribution is -0.118. The number of hydrogen-bond donors (Lipinski definition) is 3. The molecule has 0 aliphatic carbocycles. The van der Waals surface area contributed by atoms with Crippen molar-refractivity contribution in [3.8, 4) is 5.75 Å². The van der Waals surface area contributed by atoms with Crippen LogP contribution < -0.4 is 20.7 Å². The number of rotatable bonds is 9. The second kappa shape index (κ2) is 12.0. The van der Waals surface area contributed by atoms with Gasteiger partial charge in [0.1, 0.15) is 5.75 Å². The number of urea groups is 1.